The van der Waals surface area contributed by atoms with E-state index >= 15 is 0 Å². The van der Waals surface area contributed by atoms with Crippen molar-refractivity contribution in [3.05, 3.63) is 11.9 Å². The number of hydrogen-bond donors (Lipinski definition) is 0. The van der Waals surface area contributed by atoms with E-state index in [4.69, 9.17) is 0 Å². The average Bonchev–Trinajstić information content (AvgIpc) is 2.21. The van der Waals surface area contributed by atoms with E-state index in [1.165, 1.54) is 0 Å². The summed E-state index contributed by atoms with van der Waals surface area (Å²) in [6.07, 6.45) is -18.4. The summed E-state index contributed by atoms with van der Waals surface area (Å²) in [5.74, 6) is -4.45. The van der Waals surface area contributed by atoms with Crippen molar-refractivity contribution < 1.29 is 57.4 Å². The van der Waals surface area contributed by atoms with Gasteiger partial charge in [0.1, 0.15) is 0 Å². The Balaban J connectivity index is 6.15. The minimum atomic E-state index is -7.18. The molecule has 0 aromatic carbocycles. The van der Waals surface area contributed by atoms with Gasteiger partial charge in [-0.2, -0.15) is 43.9 Å². The topological polar surface area (TPSA) is 9.23 Å². The van der Waals surface area contributed by atoms with Gasteiger partial charge in [0.05, 0.1) is 0 Å². The first kappa shape index (κ1) is 21.4. The fraction of sp³-hybridized carbons (Fsp3) is 0.714. The molecule has 0 aliphatic heterocycles. The maximum atomic E-state index is 13.2. The fourth-order valence-electron chi connectivity index (χ4n) is 0.837. The van der Waals surface area contributed by atoms with Gasteiger partial charge in [-0.1, -0.05) is 0 Å². The van der Waals surface area contributed by atoms with E-state index in [1.54, 1.807) is 0 Å². The zero-order valence-corrected chi connectivity index (χ0v) is 10.7. The number of hydrogen-bond acceptors (Lipinski definition) is 1. The number of alkyl halides is 11. The van der Waals surface area contributed by atoms with Crippen molar-refractivity contribution in [2.75, 3.05) is 0 Å². The lowest BCUT2D eigenvalue weighted by Crippen LogP contribution is -2.60. The Morgan fingerprint density at radius 1 is 0.727 bits per heavy atom. The highest BCUT2D eigenvalue weighted by molar-refractivity contribution is 6.31. The van der Waals surface area contributed by atoms with Crippen LogP contribution in [0.2, 0.25) is 0 Å². The molecule has 0 saturated carbocycles. The molecule has 0 aliphatic rings. The summed E-state index contributed by atoms with van der Waals surface area (Å²) in [5, 5.41) is -11.4. The Kier molecular flexibility index (Phi) is 5.67. The van der Waals surface area contributed by atoms with Crippen molar-refractivity contribution in [1.29, 1.82) is 0 Å². The monoisotopic (exact) mass is 398 g/mol. The largest absolute Gasteiger partial charge is 0.438 e. The van der Waals surface area contributed by atoms with Gasteiger partial charge in [-0.25, -0.2) is 8.78 Å². The van der Waals surface area contributed by atoms with Crippen LogP contribution < -0.4 is 0 Å². The molecule has 0 aromatic rings. The van der Waals surface area contributed by atoms with Crippen molar-refractivity contribution in [2.45, 2.75) is 28.6 Å². The maximum Gasteiger partial charge on any atom is 0.438 e. The van der Waals surface area contributed by atoms with E-state index in [2.05, 4.69) is 23.2 Å². The van der Waals surface area contributed by atoms with E-state index in [0.717, 1.165) is 0 Å². The van der Waals surface area contributed by atoms with Crippen molar-refractivity contribution in [1.82, 2.24) is 0 Å². The first-order valence-corrected chi connectivity index (χ1v) is 5.06. The molecular formula is C7Cl2F12O. The van der Waals surface area contributed by atoms with Gasteiger partial charge >= 0.3 is 34.7 Å². The highest BCUT2D eigenvalue weighted by Gasteiger charge is 2.79. The molecule has 0 bridgehead atoms. The summed E-state index contributed by atoms with van der Waals surface area (Å²) in [5.41, 5.74) is -7.02. The van der Waals surface area contributed by atoms with Crippen LogP contribution in [-0.4, -0.2) is 28.6 Å². The molecule has 2 unspecified atom stereocenters. The van der Waals surface area contributed by atoms with E-state index < -0.39 is 40.6 Å². The van der Waals surface area contributed by atoms with Crippen LogP contribution in [0.25, 0.3) is 0 Å². The third-order valence-electron chi connectivity index (χ3n) is 1.85. The SMILES string of the molecule is FC(F)=C(F)C(F)(C(F)(F)F)C(F)(F)OC(F)(Cl)C(F)(F)Cl. The molecule has 0 aliphatic carbocycles. The molecular weight excluding hydrogens is 399 g/mol. The maximum absolute atomic E-state index is 13.2. The highest BCUT2D eigenvalue weighted by Crippen LogP contribution is 2.55. The summed E-state index contributed by atoms with van der Waals surface area (Å²) >= 11 is 7.71. The second-order valence-electron chi connectivity index (χ2n) is 3.36. The van der Waals surface area contributed by atoms with Gasteiger partial charge in [0.2, 0.25) is 5.83 Å². The van der Waals surface area contributed by atoms with Crippen molar-refractivity contribution in [2.24, 2.45) is 0 Å². The van der Waals surface area contributed by atoms with Crippen LogP contribution in [0.4, 0.5) is 52.7 Å². The molecule has 22 heavy (non-hydrogen) atoms. The minimum absolute atomic E-state index is 2.03. The molecule has 0 amide bonds. The summed E-state index contributed by atoms with van der Waals surface area (Å²) in [4.78, 5) is 0. The fourth-order valence-corrected chi connectivity index (χ4v) is 0.972. The zero-order valence-electron chi connectivity index (χ0n) is 9.20. The van der Waals surface area contributed by atoms with Crippen molar-refractivity contribution in [3.8, 4) is 0 Å². The summed E-state index contributed by atoms with van der Waals surface area (Å²) in [7, 11) is 0. The smallest absolute Gasteiger partial charge is 0.260 e. The normalized spacial score (nSPS) is 19.4. The van der Waals surface area contributed by atoms with Gasteiger partial charge in [0, 0.05) is 0 Å². The van der Waals surface area contributed by atoms with Gasteiger partial charge < -0.3 is 0 Å². The zero-order chi connectivity index (χ0) is 18.4. The van der Waals surface area contributed by atoms with Crippen LogP contribution in [0, 0.1) is 0 Å². The molecule has 0 heterocycles. The second-order valence-corrected chi connectivity index (χ2v) is 4.32. The molecule has 0 rings (SSSR count). The summed E-state index contributed by atoms with van der Waals surface area (Å²) in [6.45, 7) is 0. The quantitative estimate of drug-likeness (QED) is 0.430. The van der Waals surface area contributed by atoms with Crippen LogP contribution in [-0.2, 0) is 4.74 Å². The van der Waals surface area contributed by atoms with Crippen LogP contribution in [0.3, 0.4) is 0 Å². The van der Waals surface area contributed by atoms with Gasteiger partial charge in [0.25, 0.3) is 0 Å². The first-order chi connectivity index (χ1) is 9.31. The third-order valence-corrected chi connectivity index (χ3v) is 2.50. The average molecular weight is 399 g/mol. The van der Waals surface area contributed by atoms with Crippen LogP contribution >= 0.6 is 23.2 Å². The third kappa shape index (κ3) is 3.67. The van der Waals surface area contributed by atoms with E-state index in [-0.39, 0.29) is 0 Å². The number of rotatable bonds is 5. The minimum Gasteiger partial charge on any atom is -0.260 e. The van der Waals surface area contributed by atoms with Gasteiger partial charge in [-0.3, -0.25) is 4.74 Å². The lowest BCUT2D eigenvalue weighted by atomic mass is 10.0. The molecule has 0 spiro atoms. The summed E-state index contributed by atoms with van der Waals surface area (Å²) < 4.78 is 151. The number of ether oxygens (including phenoxy) is 1. The van der Waals surface area contributed by atoms with E-state index in [0.29, 0.717) is 0 Å². The molecule has 0 N–H and O–H groups in total. The predicted molar refractivity (Wildman–Crippen MR) is 46.8 cm³/mol. The molecule has 0 aromatic heterocycles. The Labute approximate surface area is 122 Å². The Morgan fingerprint density at radius 2 is 1.09 bits per heavy atom. The molecule has 0 radical (unpaired) electrons. The van der Waals surface area contributed by atoms with Crippen LogP contribution in [0.15, 0.2) is 11.9 Å². The second kappa shape index (κ2) is 5.82. The first-order valence-electron chi connectivity index (χ1n) is 4.30. The number of halogens is 14. The van der Waals surface area contributed by atoms with Crippen molar-refractivity contribution >= 4 is 23.2 Å². The predicted octanol–water partition coefficient (Wildman–Crippen LogP) is 5.64. The molecule has 132 valence electrons. The molecule has 2 atom stereocenters. The lowest BCUT2D eigenvalue weighted by molar-refractivity contribution is -0.415. The van der Waals surface area contributed by atoms with Gasteiger partial charge in [0.15, 0.2) is 0 Å². The van der Waals surface area contributed by atoms with Crippen LogP contribution in [0.1, 0.15) is 0 Å². The van der Waals surface area contributed by atoms with Crippen LogP contribution in [0.5, 0.6) is 0 Å². The molecule has 0 saturated heterocycles. The molecule has 1 nitrogen and oxygen atoms in total. The molecule has 15 heteroatoms. The van der Waals surface area contributed by atoms with Crippen molar-refractivity contribution in [3.63, 3.8) is 0 Å². The van der Waals surface area contributed by atoms with Gasteiger partial charge in [-0.05, 0) is 23.2 Å². The van der Waals surface area contributed by atoms with E-state index in [9.17, 15) is 52.7 Å². The lowest BCUT2D eigenvalue weighted by Gasteiger charge is -2.35. The van der Waals surface area contributed by atoms with E-state index in [1.807, 2.05) is 4.74 Å². The van der Waals surface area contributed by atoms with Gasteiger partial charge in [-0.15, -0.1) is 0 Å². The molecule has 0 fully saturated rings. The Morgan fingerprint density at radius 3 is 1.32 bits per heavy atom. The Hall–Kier alpha value is -0.560. The summed E-state index contributed by atoms with van der Waals surface area (Å²) in [6, 6.07) is 0. The Bertz CT molecular complexity index is 447. The highest BCUT2D eigenvalue weighted by atomic mass is 35.5. The standard InChI is InChI=1S/C7Cl2F12O/c8-4(14,15)5(9,16)22-7(20,21)3(13,6(17,18)19)1(10)2(11)12.